The molecule has 0 radical (unpaired) electrons. The monoisotopic (exact) mass is 263 g/mol. The molecule has 0 saturated carbocycles. The van der Waals surface area contributed by atoms with Crippen LogP contribution in [0.15, 0.2) is 24.0 Å². The van der Waals surface area contributed by atoms with Gasteiger partial charge in [0.05, 0.1) is 24.5 Å². The zero-order valence-electron chi connectivity index (χ0n) is 11.6. The molecular formula is C14H21N3O2. The molecule has 2 rings (SSSR count). The summed E-state index contributed by atoms with van der Waals surface area (Å²) in [6.45, 7) is 5.38. The molecule has 104 valence electrons. The van der Waals surface area contributed by atoms with E-state index in [0.29, 0.717) is 0 Å². The van der Waals surface area contributed by atoms with Gasteiger partial charge in [-0.1, -0.05) is 5.57 Å². The summed E-state index contributed by atoms with van der Waals surface area (Å²) in [4.78, 5) is 11.6. The normalized spacial score (nSPS) is 18.9. The first-order chi connectivity index (χ1) is 9.13. The fourth-order valence-corrected chi connectivity index (χ4v) is 2.13. The van der Waals surface area contributed by atoms with Crippen molar-refractivity contribution in [3.8, 4) is 0 Å². The van der Waals surface area contributed by atoms with E-state index in [1.54, 1.807) is 12.3 Å². The lowest BCUT2D eigenvalue weighted by Gasteiger charge is -2.22. The number of nitrogens with zero attached hydrogens (tertiary/aromatic N) is 2. The molecule has 0 aliphatic carbocycles. The first-order valence-corrected chi connectivity index (χ1v) is 6.73. The minimum absolute atomic E-state index is 0.117. The summed E-state index contributed by atoms with van der Waals surface area (Å²) in [6, 6.07) is 0. The van der Waals surface area contributed by atoms with Crippen molar-refractivity contribution in [1.82, 2.24) is 9.78 Å². The van der Waals surface area contributed by atoms with E-state index in [1.165, 1.54) is 6.42 Å². The molecule has 1 aliphatic heterocycles. The number of hydrogen-bond acceptors (Lipinski definition) is 3. The minimum Gasteiger partial charge on any atom is -0.376 e. The van der Waals surface area contributed by atoms with Crippen LogP contribution in [-0.2, 0) is 16.1 Å². The lowest BCUT2D eigenvalue weighted by Crippen LogP contribution is -2.24. The van der Waals surface area contributed by atoms with Crippen molar-refractivity contribution in [1.29, 1.82) is 0 Å². The van der Waals surface area contributed by atoms with Gasteiger partial charge in [-0.2, -0.15) is 5.10 Å². The van der Waals surface area contributed by atoms with Gasteiger partial charge in [0.2, 0.25) is 5.91 Å². The van der Waals surface area contributed by atoms with Gasteiger partial charge in [-0.3, -0.25) is 9.48 Å². The van der Waals surface area contributed by atoms with Gasteiger partial charge in [0.15, 0.2) is 0 Å². The van der Waals surface area contributed by atoms with E-state index < -0.39 is 0 Å². The van der Waals surface area contributed by atoms with Crippen LogP contribution >= 0.6 is 0 Å². The van der Waals surface area contributed by atoms with Gasteiger partial charge in [-0.25, -0.2) is 0 Å². The second-order valence-corrected chi connectivity index (χ2v) is 5.15. The predicted molar refractivity (Wildman–Crippen MR) is 73.9 cm³/mol. The Morgan fingerprint density at radius 2 is 2.42 bits per heavy atom. The SMILES string of the molecule is CC(C)=CC(=O)Nc1cnn(C[C@H]2CCCCO2)c1. The highest BCUT2D eigenvalue weighted by Gasteiger charge is 2.14. The summed E-state index contributed by atoms with van der Waals surface area (Å²) in [6.07, 6.45) is 8.78. The van der Waals surface area contributed by atoms with Gasteiger partial charge in [0.1, 0.15) is 0 Å². The molecule has 1 amide bonds. The standard InChI is InChI=1S/C14H21N3O2/c1-11(2)7-14(18)16-12-8-15-17(9-12)10-13-5-3-4-6-19-13/h7-9,13H,3-6,10H2,1-2H3,(H,16,18)/t13-/m1/s1. The smallest absolute Gasteiger partial charge is 0.248 e. The highest BCUT2D eigenvalue weighted by atomic mass is 16.5. The van der Waals surface area contributed by atoms with Crippen LogP contribution in [0.3, 0.4) is 0 Å². The number of anilines is 1. The number of allylic oxidation sites excluding steroid dienone is 1. The van der Waals surface area contributed by atoms with Crippen LogP contribution in [0.1, 0.15) is 33.1 Å². The Kier molecular flexibility index (Phi) is 4.74. The summed E-state index contributed by atoms with van der Waals surface area (Å²) in [5.74, 6) is -0.117. The summed E-state index contributed by atoms with van der Waals surface area (Å²) in [5.41, 5.74) is 1.69. The number of carbonyl (C=O) groups excluding carboxylic acids is 1. The van der Waals surface area contributed by atoms with Gasteiger partial charge >= 0.3 is 0 Å². The molecule has 2 heterocycles. The molecule has 19 heavy (non-hydrogen) atoms. The maximum absolute atomic E-state index is 11.6. The Morgan fingerprint density at radius 1 is 1.58 bits per heavy atom. The molecule has 1 fully saturated rings. The van der Waals surface area contributed by atoms with Gasteiger partial charge < -0.3 is 10.1 Å². The molecule has 1 aromatic rings. The van der Waals surface area contributed by atoms with Crippen LogP contribution in [0.2, 0.25) is 0 Å². The molecule has 1 atom stereocenters. The highest BCUT2D eigenvalue weighted by molar-refractivity contribution is 5.99. The van der Waals surface area contributed by atoms with Crippen molar-refractivity contribution in [3.05, 3.63) is 24.0 Å². The maximum atomic E-state index is 11.6. The zero-order chi connectivity index (χ0) is 13.7. The van der Waals surface area contributed by atoms with Crippen molar-refractivity contribution in [2.45, 2.75) is 45.8 Å². The molecule has 0 unspecified atom stereocenters. The zero-order valence-corrected chi connectivity index (χ0v) is 11.6. The van der Waals surface area contributed by atoms with Crippen LogP contribution in [0.5, 0.6) is 0 Å². The number of rotatable bonds is 4. The Hall–Kier alpha value is -1.62. The highest BCUT2D eigenvalue weighted by Crippen LogP contribution is 2.15. The predicted octanol–water partition coefficient (Wildman–Crippen LogP) is 2.36. The minimum atomic E-state index is -0.117. The van der Waals surface area contributed by atoms with E-state index >= 15 is 0 Å². The van der Waals surface area contributed by atoms with Crippen LogP contribution in [0.4, 0.5) is 5.69 Å². The van der Waals surface area contributed by atoms with Gasteiger partial charge in [0.25, 0.3) is 0 Å². The molecule has 0 bridgehead atoms. The summed E-state index contributed by atoms with van der Waals surface area (Å²) in [7, 11) is 0. The molecule has 1 aromatic heterocycles. The number of aromatic nitrogens is 2. The molecule has 1 aliphatic rings. The average molecular weight is 263 g/mol. The van der Waals surface area contributed by atoms with E-state index in [-0.39, 0.29) is 12.0 Å². The number of ether oxygens (including phenoxy) is 1. The fourth-order valence-electron chi connectivity index (χ4n) is 2.13. The Bertz CT molecular complexity index is 455. The van der Waals surface area contributed by atoms with E-state index in [1.807, 2.05) is 24.7 Å². The number of nitrogens with one attached hydrogen (secondary N) is 1. The van der Waals surface area contributed by atoms with E-state index in [0.717, 1.165) is 37.3 Å². The van der Waals surface area contributed by atoms with Gasteiger partial charge in [0, 0.05) is 18.9 Å². The Morgan fingerprint density at radius 3 is 3.11 bits per heavy atom. The molecular weight excluding hydrogens is 242 g/mol. The van der Waals surface area contributed by atoms with Crippen molar-refractivity contribution < 1.29 is 9.53 Å². The summed E-state index contributed by atoms with van der Waals surface area (Å²) in [5, 5.41) is 7.04. The van der Waals surface area contributed by atoms with Crippen LogP contribution < -0.4 is 5.32 Å². The van der Waals surface area contributed by atoms with Crippen molar-refractivity contribution >= 4 is 11.6 Å². The number of carbonyl (C=O) groups is 1. The second kappa shape index (κ2) is 6.52. The van der Waals surface area contributed by atoms with Gasteiger partial charge in [-0.05, 0) is 33.1 Å². The molecule has 0 aromatic carbocycles. The van der Waals surface area contributed by atoms with Crippen molar-refractivity contribution in [2.75, 3.05) is 11.9 Å². The number of amides is 1. The quantitative estimate of drug-likeness (QED) is 0.848. The summed E-state index contributed by atoms with van der Waals surface area (Å²) < 4.78 is 7.49. The van der Waals surface area contributed by atoms with Crippen LogP contribution in [0.25, 0.3) is 0 Å². The molecule has 5 heteroatoms. The van der Waals surface area contributed by atoms with Crippen LogP contribution in [0, 0.1) is 0 Å². The first kappa shape index (κ1) is 13.8. The lowest BCUT2D eigenvalue weighted by molar-refractivity contribution is -0.111. The van der Waals surface area contributed by atoms with Gasteiger partial charge in [-0.15, -0.1) is 0 Å². The topological polar surface area (TPSA) is 56.2 Å². The molecule has 1 N–H and O–H groups in total. The third-order valence-corrected chi connectivity index (χ3v) is 2.99. The van der Waals surface area contributed by atoms with E-state index in [4.69, 9.17) is 4.74 Å². The molecule has 0 spiro atoms. The first-order valence-electron chi connectivity index (χ1n) is 6.73. The third-order valence-electron chi connectivity index (χ3n) is 2.99. The average Bonchev–Trinajstić information content (AvgIpc) is 2.76. The largest absolute Gasteiger partial charge is 0.376 e. The fraction of sp³-hybridized carbons (Fsp3) is 0.571. The van der Waals surface area contributed by atoms with Crippen molar-refractivity contribution in [2.24, 2.45) is 0 Å². The van der Waals surface area contributed by atoms with Crippen LogP contribution in [-0.4, -0.2) is 28.4 Å². The third kappa shape index (κ3) is 4.52. The second-order valence-electron chi connectivity index (χ2n) is 5.15. The Balaban J connectivity index is 1.88. The Labute approximate surface area is 113 Å². The van der Waals surface area contributed by atoms with E-state index in [2.05, 4.69) is 10.4 Å². The van der Waals surface area contributed by atoms with E-state index in [9.17, 15) is 4.79 Å². The summed E-state index contributed by atoms with van der Waals surface area (Å²) >= 11 is 0. The lowest BCUT2D eigenvalue weighted by atomic mass is 10.1. The van der Waals surface area contributed by atoms with Crippen molar-refractivity contribution in [3.63, 3.8) is 0 Å². The number of hydrogen-bond donors (Lipinski definition) is 1. The molecule has 5 nitrogen and oxygen atoms in total. The maximum Gasteiger partial charge on any atom is 0.248 e. The molecule has 1 saturated heterocycles.